The molecule has 0 aromatic heterocycles. The van der Waals surface area contributed by atoms with Crippen LogP contribution in [0.25, 0.3) is 0 Å². The number of benzene rings is 2. The van der Waals surface area contributed by atoms with Crippen LogP contribution < -0.4 is 5.32 Å². The van der Waals surface area contributed by atoms with Gasteiger partial charge in [-0.25, -0.2) is 8.42 Å². The van der Waals surface area contributed by atoms with E-state index in [1.807, 2.05) is 22.6 Å². The number of carbonyl (C=O) groups excluding carboxylic acids is 1. The minimum absolute atomic E-state index is 0.174. The third-order valence-corrected chi connectivity index (χ3v) is 4.87. The van der Waals surface area contributed by atoms with Crippen LogP contribution in [0.1, 0.15) is 10.4 Å². The second-order valence-corrected chi connectivity index (χ2v) is 7.40. The number of rotatable bonds is 4. The Balaban J connectivity index is 2.37. The number of hydrogen-bond donors (Lipinski definition) is 1. The largest absolute Gasteiger partial charge is 0.341 e. The first-order valence-electron chi connectivity index (χ1n) is 6.00. The minimum Gasteiger partial charge on any atom is -0.321 e. The number of amides is 1. The Morgan fingerprint density at radius 1 is 1.09 bits per heavy atom. The monoisotopic (exact) mass is 437 g/mol. The number of hydrogen-bond acceptors (Lipinski definition) is 3. The van der Waals surface area contributed by atoms with Gasteiger partial charge in [-0.05, 0) is 52.9 Å². The normalized spacial score (nSPS) is 11.5. The molecular weight excluding hydrogens is 427 g/mol. The van der Waals surface area contributed by atoms with Crippen molar-refractivity contribution in [3.05, 3.63) is 57.7 Å². The summed E-state index contributed by atoms with van der Waals surface area (Å²) in [5, 5.41) is 2.36. The van der Waals surface area contributed by atoms with Gasteiger partial charge in [0.25, 0.3) is 5.91 Å². The molecule has 4 nitrogen and oxygen atoms in total. The molecule has 0 spiro atoms. The number of sulfone groups is 1. The summed E-state index contributed by atoms with van der Waals surface area (Å²) in [6.07, 6.45) is 0. The quantitative estimate of drug-likeness (QED) is 0.745. The zero-order chi connectivity index (χ0) is 16.3. The maximum absolute atomic E-state index is 12.7. The first-order chi connectivity index (χ1) is 10.3. The van der Waals surface area contributed by atoms with E-state index in [4.69, 9.17) is 0 Å². The fourth-order valence-corrected chi connectivity index (χ4v) is 3.17. The first-order valence-corrected chi connectivity index (χ1v) is 8.63. The van der Waals surface area contributed by atoms with Gasteiger partial charge in [-0.1, -0.05) is 18.2 Å². The average Bonchev–Trinajstić information content (AvgIpc) is 2.47. The number of para-hydroxylation sites is 1. The first kappa shape index (κ1) is 16.8. The van der Waals surface area contributed by atoms with Crippen molar-refractivity contribution in [3.8, 4) is 0 Å². The van der Waals surface area contributed by atoms with E-state index in [-0.39, 0.29) is 5.69 Å². The SMILES string of the molecule is O=C(Nc1ccccc1S(=O)(=O)C(F)F)c1cccc(I)c1. The lowest BCUT2D eigenvalue weighted by molar-refractivity contribution is 0.102. The van der Waals surface area contributed by atoms with Crippen LogP contribution in [0.4, 0.5) is 14.5 Å². The van der Waals surface area contributed by atoms with Gasteiger partial charge in [0.15, 0.2) is 0 Å². The third-order valence-electron chi connectivity index (χ3n) is 2.76. The van der Waals surface area contributed by atoms with Crippen LogP contribution in [0.5, 0.6) is 0 Å². The predicted octanol–water partition coefficient (Wildman–Crippen LogP) is 3.54. The molecule has 0 unspecified atom stereocenters. The van der Waals surface area contributed by atoms with Gasteiger partial charge in [0.05, 0.1) is 10.6 Å². The minimum atomic E-state index is -4.79. The Kier molecular flexibility index (Phi) is 5.12. The van der Waals surface area contributed by atoms with Crippen LogP contribution in [0.2, 0.25) is 0 Å². The van der Waals surface area contributed by atoms with E-state index in [2.05, 4.69) is 5.32 Å². The summed E-state index contributed by atoms with van der Waals surface area (Å²) in [6, 6.07) is 11.7. The molecule has 0 aliphatic rings. The highest BCUT2D eigenvalue weighted by molar-refractivity contribution is 14.1. The molecule has 2 rings (SSSR count). The smallest absolute Gasteiger partial charge is 0.321 e. The fraction of sp³-hybridized carbons (Fsp3) is 0.0714. The number of halogens is 3. The summed E-state index contributed by atoms with van der Waals surface area (Å²) in [7, 11) is -4.79. The molecule has 1 N–H and O–H groups in total. The molecule has 0 radical (unpaired) electrons. The number of anilines is 1. The Morgan fingerprint density at radius 3 is 2.41 bits per heavy atom. The number of carbonyl (C=O) groups is 1. The van der Waals surface area contributed by atoms with E-state index in [1.165, 1.54) is 18.2 Å². The van der Waals surface area contributed by atoms with Crippen LogP contribution >= 0.6 is 22.6 Å². The van der Waals surface area contributed by atoms with Gasteiger partial charge in [-0.15, -0.1) is 0 Å². The van der Waals surface area contributed by atoms with Crippen molar-refractivity contribution in [1.82, 2.24) is 0 Å². The van der Waals surface area contributed by atoms with Crippen LogP contribution in [-0.2, 0) is 9.84 Å². The molecule has 2 aromatic carbocycles. The topological polar surface area (TPSA) is 63.2 Å². The molecule has 0 bridgehead atoms. The summed E-state index contributed by atoms with van der Waals surface area (Å²) in [4.78, 5) is 11.5. The highest BCUT2D eigenvalue weighted by Crippen LogP contribution is 2.26. The molecule has 2 aromatic rings. The van der Waals surface area contributed by atoms with Gasteiger partial charge in [0.2, 0.25) is 9.84 Å². The van der Waals surface area contributed by atoms with E-state index in [9.17, 15) is 22.0 Å². The van der Waals surface area contributed by atoms with Crippen molar-refractivity contribution in [2.24, 2.45) is 0 Å². The van der Waals surface area contributed by atoms with Crippen molar-refractivity contribution in [2.45, 2.75) is 10.7 Å². The van der Waals surface area contributed by atoms with E-state index in [0.29, 0.717) is 5.56 Å². The summed E-state index contributed by atoms with van der Waals surface area (Å²) in [5.41, 5.74) is 0.128. The molecule has 0 aliphatic carbocycles. The summed E-state index contributed by atoms with van der Waals surface area (Å²) in [6.45, 7) is 0. The molecule has 8 heteroatoms. The van der Waals surface area contributed by atoms with E-state index in [0.717, 1.165) is 9.64 Å². The second kappa shape index (κ2) is 6.69. The van der Waals surface area contributed by atoms with Crippen molar-refractivity contribution >= 4 is 44.0 Å². The number of nitrogens with one attached hydrogen (secondary N) is 1. The van der Waals surface area contributed by atoms with Crippen molar-refractivity contribution in [3.63, 3.8) is 0 Å². The third kappa shape index (κ3) is 3.61. The van der Waals surface area contributed by atoms with E-state index < -0.39 is 26.4 Å². The zero-order valence-electron chi connectivity index (χ0n) is 11.0. The lowest BCUT2D eigenvalue weighted by Crippen LogP contribution is -2.17. The molecule has 0 atom stereocenters. The van der Waals surface area contributed by atoms with Crippen LogP contribution in [0.3, 0.4) is 0 Å². The Morgan fingerprint density at radius 2 is 1.77 bits per heavy atom. The lowest BCUT2D eigenvalue weighted by atomic mass is 10.2. The molecule has 22 heavy (non-hydrogen) atoms. The van der Waals surface area contributed by atoms with E-state index in [1.54, 1.807) is 24.3 Å². The summed E-state index contributed by atoms with van der Waals surface area (Å²) in [5.74, 6) is -4.13. The molecule has 1 amide bonds. The second-order valence-electron chi connectivity index (χ2n) is 4.27. The van der Waals surface area contributed by atoms with E-state index >= 15 is 0 Å². The standard InChI is InChI=1S/C14H10F2INO3S/c15-14(16)22(20,21)12-7-2-1-6-11(12)18-13(19)9-4-3-5-10(17)8-9/h1-8,14H,(H,18,19). The van der Waals surface area contributed by atoms with Crippen LogP contribution in [0, 0.1) is 3.57 Å². The van der Waals surface area contributed by atoms with Crippen LogP contribution in [-0.4, -0.2) is 20.1 Å². The molecule has 0 saturated heterocycles. The average molecular weight is 437 g/mol. The van der Waals surface area contributed by atoms with Gasteiger partial charge in [0.1, 0.15) is 0 Å². The number of alkyl halides is 2. The molecule has 0 fully saturated rings. The van der Waals surface area contributed by atoms with Crippen LogP contribution in [0.15, 0.2) is 53.4 Å². The molecule has 0 saturated carbocycles. The predicted molar refractivity (Wildman–Crippen MR) is 86.7 cm³/mol. The summed E-state index contributed by atoms with van der Waals surface area (Å²) < 4.78 is 49.4. The molecular formula is C14H10F2INO3S. The van der Waals surface area contributed by atoms with Gasteiger partial charge in [-0.2, -0.15) is 8.78 Å². The maximum atomic E-state index is 12.7. The zero-order valence-corrected chi connectivity index (χ0v) is 13.9. The lowest BCUT2D eigenvalue weighted by Gasteiger charge is -2.11. The van der Waals surface area contributed by atoms with Gasteiger partial charge >= 0.3 is 5.76 Å². The van der Waals surface area contributed by atoms with Crippen molar-refractivity contribution < 1.29 is 22.0 Å². The summed E-state index contributed by atoms with van der Waals surface area (Å²) >= 11 is 2.02. The van der Waals surface area contributed by atoms with Gasteiger partial charge in [-0.3, -0.25) is 4.79 Å². The van der Waals surface area contributed by atoms with Crippen molar-refractivity contribution in [2.75, 3.05) is 5.32 Å². The maximum Gasteiger partial charge on any atom is 0.341 e. The highest BCUT2D eigenvalue weighted by atomic mass is 127. The Bertz CT molecular complexity index is 809. The highest BCUT2D eigenvalue weighted by Gasteiger charge is 2.29. The van der Waals surface area contributed by atoms with Gasteiger partial charge < -0.3 is 5.32 Å². The van der Waals surface area contributed by atoms with Crippen molar-refractivity contribution in [1.29, 1.82) is 0 Å². The van der Waals surface area contributed by atoms with Gasteiger partial charge in [0, 0.05) is 9.13 Å². The Hall–Kier alpha value is -1.55. The molecule has 116 valence electrons. The fourth-order valence-electron chi connectivity index (χ4n) is 1.74. The molecule has 0 heterocycles. The Labute approximate surface area is 139 Å². The molecule has 0 aliphatic heterocycles.